The molecule has 0 aromatic heterocycles. The van der Waals surface area contributed by atoms with Gasteiger partial charge in [0.05, 0.1) is 20.3 Å². The summed E-state index contributed by atoms with van der Waals surface area (Å²) in [7, 11) is 3.30. The van der Waals surface area contributed by atoms with E-state index in [0.29, 0.717) is 0 Å². The van der Waals surface area contributed by atoms with Crippen LogP contribution in [0.3, 0.4) is 0 Å². The zero-order chi connectivity index (χ0) is 13.7. The fourth-order valence-electron chi connectivity index (χ4n) is 2.57. The SMILES string of the molecule is COc1cc(CN[C@H]2CCCC[C@@H]2O)cc(OC)c1. The molecule has 0 amide bonds. The topological polar surface area (TPSA) is 50.7 Å². The first-order valence-electron chi connectivity index (χ1n) is 6.86. The molecule has 106 valence electrons. The highest BCUT2D eigenvalue weighted by atomic mass is 16.5. The van der Waals surface area contributed by atoms with E-state index in [9.17, 15) is 5.11 Å². The molecule has 0 spiro atoms. The molecule has 2 rings (SSSR count). The Hall–Kier alpha value is -1.26. The molecular weight excluding hydrogens is 242 g/mol. The molecule has 0 bridgehead atoms. The minimum absolute atomic E-state index is 0.200. The molecule has 0 heterocycles. The lowest BCUT2D eigenvalue weighted by molar-refractivity contribution is 0.0902. The second-order valence-corrected chi connectivity index (χ2v) is 5.06. The van der Waals surface area contributed by atoms with Crippen molar-refractivity contribution in [2.75, 3.05) is 14.2 Å². The predicted molar refractivity (Wildman–Crippen MR) is 74.6 cm³/mol. The highest BCUT2D eigenvalue weighted by Crippen LogP contribution is 2.23. The fourth-order valence-corrected chi connectivity index (χ4v) is 2.57. The molecule has 0 saturated heterocycles. The first kappa shape index (κ1) is 14.2. The van der Waals surface area contributed by atoms with Crippen molar-refractivity contribution >= 4 is 0 Å². The van der Waals surface area contributed by atoms with Crippen molar-refractivity contribution in [1.82, 2.24) is 5.32 Å². The van der Waals surface area contributed by atoms with Crippen LogP contribution in [0.25, 0.3) is 0 Å². The standard InChI is InChI=1S/C15H23NO3/c1-18-12-7-11(8-13(9-12)19-2)10-16-14-5-3-4-6-15(14)17/h7-9,14-17H,3-6,10H2,1-2H3/t14-,15-/m0/s1. The molecule has 1 saturated carbocycles. The summed E-state index contributed by atoms with van der Waals surface area (Å²) in [4.78, 5) is 0. The van der Waals surface area contributed by atoms with Crippen LogP contribution in [-0.2, 0) is 6.54 Å². The first-order valence-corrected chi connectivity index (χ1v) is 6.86. The van der Waals surface area contributed by atoms with Crippen molar-refractivity contribution in [1.29, 1.82) is 0 Å². The van der Waals surface area contributed by atoms with E-state index in [2.05, 4.69) is 5.32 Å². The molecule has 1 aromatic carbocycles. The van der Waals surface area contributed by atoms with Crippen molar-refractivity contribution < 1.29 is 14.6 Å². The Morgan fingerprint density at radius 2 is 1.74 bits per heavy atom. The zero-order valence-corrected chi connectivity index (χ0v) is 11.7. The number of rotatable bonds is 5. The van der Waals surface area contributed by atoms with Crippen LogP contribution in [0.1, 0.15) is 31.2 Å². The molecule has 2 atom stereocenters. The van der Waals surface area contributed by atoms with Crippen molar-refractivity contribution in [3.05, 3.63) is 23.8 Å². The average molecular weight is 265 g/mol. The molecule has 1 aliphatic rings. The summed E-state index contributed by atoms with van der Waals surface area (Å²) < 4.78 is 10.5. The van der Waals surface area contributed by atoms with Gasteiger partial charge in [0.25, 0.3) is 0 Å². The molecule has 1 aromatic rings. The van der Waals surface area contributed by atoms with Gasteiger partial charge < -0.3 is 19.9 Å². The van der Waals surface area contributed by atoms with Crippen LogP contribution in [0.2, 0.25) is 0 Å². The summed E-state index contributed by atoms with van der Waals surface area (Å²) in [6.07, 6.45) is 4.05. The van der Waals surface area contributed by atoms with Crippen LogP contribution in [0.4, 0.5) is 0 Å². The average Bonchev–Trinajstić information content (AvgIpc) is 2.46. The van der Waals surface area contributed by atoms with E-state index < -0.39 is 0 Å². The van der Waals surface area contributed by atoms with E-state index in [-0.39, 0.29) is 12.1 Å². The zero-order valence-electron chi connectivity index (χ0n) is 11.7. The summed E-state index contributed by atoms with van der Waals surface area (Å²) >= 11 is 0. The van der Waals surface area contributed by atoms with E-state index in [0.717, 1.165) is 42.9 Å². The number of hydrogen-bond acceptors (Lipinski definition) is 4. The molecule has 1 fully saturated rings. The maximum Gasteiger partial charge on any atom is 0.122 e. The molecule has 2 N–H and O–H groups in total. The number of methoxy groups -OCH3 is 2. The van der Waals surface area contributed by atoms with Gasteiger partial charge in [-0.1, -0.05) is 12.8 Å². The van der Waals surface area contributed by atoms with Gasteiger partial charge in [0, 0.05) is 18.7 Å². The van der Waals surface area contributed by atoms with Gasteiger partial charge >= 0.3 is 0 Å². The lowest BCUT2D eigenvalue weighted by Crippen LogP contribution is -2.41. The molecule has 0 aliphatic heterocycles. The van der Waals surface area contributed by atoms with Crippen LogP contribution in [0.15, 0.2) is 18.2 Å². The Labute approximate surface area is 114 Å². The third-order valence-electron chi connectivity index (χ3n) is 3.71. The van der Waals surface area contributed by atoms with Crippen molar-refractivity contribution in [3.63, 3.8) is 0 Å². The molecule has 1 aliphatic carbocycles. The molecule has 0 radical (unpaired) electrons. The lowest BCUT2D eigenvalue weighted by atomic mass is 9.92. The number of aliphatic hydroxyl groups is 1. The van der Waals surface area contributed by atoms with Crippen LogP contribution in [0.5, 0.6) is 11.5 Å². The minimum Gasteiger partial charge on any atom is -0.497 e. The van der Waals surface area contributed by atoms with E-state index in [4.69, 9.17) is 9.47 Å². The van der Waals surface area contributed by atoms with E-state index in [1.165, 1.54) is 6.42 Å². The molecular formula is C15H23NO3. The number of hydrogen-bond donors (Lipinski definition) is 2. The lowest BCUT2D eigenvalue weighted by Gasteiger charge is -2.28. The van der Waals surface area contributed by atoms with Crippen LogP contribution in [0, 0.1) is 0 Å². The summed E-state index contributed by atoms with van der Waals surface area (Å²) in [5, 5.41) is 13.4. The van der Waals surface area contributed by atoms with Crippen LogP contribution in [-0.4, -0.2) is 31.5 Å². The van der Waals surface area contributed by atoms with Gasteiger partial charge in [-0.25, -0.2) is 0 Å². The third kappa shape index (κ3) is 3.85. The molecule has 4 nitrogen and oxygen atoms in total. The summed E-state index contributed by atoms with van der Waals surface area (Å²) in [6.45, 7) is 0.718. The normalized spacial score (nSPS) is 23.1. The monoisotopic (exact) mass is 265 g/mol. The smallest absolute Gasteiger partial charge is 0.122 e. The van der Waals surface area contributed by atoms with Gasteiger partial charge in [-0.3, -0.25) is 0 Å². The number of ether oxygens (including phenoxy) is 2. The second kappa shape index (κ2) is 6.78. The number of nitrogens with one attached hydrogen (secondary N) is 1. The van der Waals surface area contributed by atoms with Gasteiger partial charge in [-0.05, 0) is 30.5 Å². The predicted octanol–water partition coefficient (Wildman–Crippen LogP) is 2.10. The van der Waals surface area contributed by atoms with E-state index >= 15 is 0 Å². The Morgan fingerprint density at radius 1 is 1.11 bits per heavy atom. The maximum atomic E-state index is 9.94. The maximum absolute atomic E-state index is 9.94. The highest BCUT2D eigenvalue weighted by Gasteiger charge is 2.22. The Morgan fingerprint density at radius 3 is 2.32 bits per heavy atom. The summed E-state index contributed by atoms with van der Waals surface area (Å²) in [5.41, 5.74) is 1.11. The van der Waals surface area contributed by atoms with E-state index in [1.54, 1.807) is 14.2 Å². The number of aliphatic hydroxyl groups excluding tert-OH is 1. The Balaban J connectivity index is 1.98. The quantitative estimate of drug-likeness (QED) is 0.856. The largest absolute Gasteiger partial charge is 0.497 e. The first-order chi connectivity index (χ1) is 9.22. The highest BCUT2D eigenvalue weighted by molar-refractivity contribution is 5.38. The molecule has 4 heteroatoms. The van der Waals surface area contributed by atoms with Gasteiger partial charge in [0.2, 0.25) is 0 Å². The Kier molecular flexibility index (Phi) is 5.05. The van der Waals surface area contributed by atoms with E-state index in [1.807, 2.05) is 18.2 Å². The van der Waals surface area contributed by atoms with Crippen LogP contribution >= 0.6 is 0 Å². The van der Waals surface area contributed by atoms with Crippen molar-refractivity contribution in [2.45, 2.75) is 44.4 Å². The van der Waals surface area contributed by atoms with Gasteiger partial charge in [0.15, 0.2) is 0 Å². The van der Waals surface area contributed by atoms with Crippen LogP contribution < -0.4 is 14.8 Å². The van der Waals surface area contributed by atoms with Crippen molar-refractivity contribution in [2.24, 2.45) is 0 Å². The van der Waals surface area contributed by atoms with Gasteiger partial charge in [-0.15, -0.1) is 0 Å². The third-order valence-corrected chi connectivity index (χ3v) is 3.71. The van der Waals surface area contributed by atoms with Gasteiger partial charge in [0.1, 0.15) is 11.5 Å². The van der Waals surface area contributed by atoms with Gasteiger partial charge in [-0.2, -0.15) is 0 Å². The number of benzene rings is 1. The van der Waals surface area contributed by atoms with Crippen molar-refractivity contribution in [3.8, 4) is 11.5 Å². The molecule has 19 heavy (non-hydrogen) atoms. The summed E-state index contributed by atoms with van der Waals surface area (Å²) in [6, 6.07) is 6.04. The Bertz CT molecular complexity index is 386. The fraction of sp³-hybridized carbons (Fsp3) is 0.600. The summed E-state index contributed by atoms with van der Waals surface area (Å²) in [5.74, 6) is 1.58. The minimum atomic E-state index is -0.221. The molecule has 0 unspecified atom stereocenters. The second-order valence-electron chi connectivity index (χ2n) is 5.06.